The second-order valence-corrected chi connectivity index (χ2v) is 7.45. The van der Waals surface area contributed by atoms with Gasteiger partial charge in [0.25, 0.3) is 0 Å². The molecule has 6 nitrogen and oxygen atoms in total. The van der Waals surface area contributed by atoms with Crippen LogP contribution in [0.1, 0.15) is 10.4 Å². The number of H-pyrrole nitrogens is 1. The van der Waals surface area contributed by atoms with Crippen LogP contribution < -0.4 is 5.69 Å². The van der Waals surface area contributed by atoms with Crippen LogP contribution in [0.3, 0.4) is 0 Å². The van der Waals surface area contributed by atoms with E-state index in [1.807, 2.05) is 32.3 Å². The Morgan fingerprint density at radius 1 is 1.24 bits per heavy atom. The first-order valence-electron chi connectivity index (χ1n) is 7.94. The molecule has 0 aliphatic heterocycles. The van der Waals surface area contributed by atoms with E-state index in [1.54, 1.807) is 21.8 Å². The molecule has 0 radical (unpaired) electrons. The molecule has 4 rings (SSSR count). The van der Waals surface area contributed by atoms with Crippen molar-refractivity contribution in [1.82, 2.24) is 19.5 Å². The fourth-order valence-corrected chi connectivity index (χ4v) is 4.20. The van der Waals surface area contributed by atoms with E-state index in [0.29, 0.717) is 5.65 Å². The lowest BCUT2D eigenvalue weighted by Gasteiger charge is -2.08. The summed E-state index contributed by atoms with van der Waals surface area (Å²) in [5, 5.41) is 17.0. The van der Waals surface area contributed by atoms with Crippen molar-refractivity contribution >= 4 is 27.9 Å². The lowest BCUT2D eigenvalue weighted by Crippen LogP contribution is -2.10. The van der Waals surface area contributed by atoms with Gasteiger partial charge in [-0.2, -0.15) is 5.10 Å². The summed E-state index contributed by atoms with van der Waals surface area (Å²) in [6, 6.07) is 12.0. The quantitative estimate of drug-likeness (QED) is 0.590. The van der Waals surface area contributed by atoms with Crippen molar-refractivity contribution in [3.8, 4) is 10.4 Å². The molecule has 0 atom stereocenters. The van der Waals surface area contributed by atoms with Crippen LogP contribution in [0, 0.1) is 0 Å². The van der Waals surface area contributed by atoms with E-state index in [9.17, 15) is 9.90 Å². The smallest absolute Gasteiger partial charge is 0.348 e. The summed E-state index contributed by atoms with van der Waals surface area (Å²) < 4.78 is 1.55. The van der Waals surface area contributed by atoms with Crippen LogP contribution in [0.2, 0.25) is 0 Å². The van der Waals surface area contributed by atoms with Gasteiger partial charge in [-0.3, -0.25) is 0 Å². The van der Waals surface area contributed by atoms with E-state index in [0.717, 1.165) is 33.5 Å². The Labute approximate surface area is 148 Å². The summed E-state index contributed by atoms with van der Waals surface area (Å²) in [6.45, 7) is 0.803. The van der Waals surface area contributed by atoms with Crippen LogP contribution in [-0.4, -0.2) is 38.7 Å². The molecule has 0 saturated heterocycles. The Hall–Kier alpha value is -2.48. The molecule has 3 aromatic heterocycles. The molecule has 0 unspecified atom stereocenters. The fraction of sp³-hybridized carbons (Fsp3) is 0.222. The van der Waals surface area contributed by atoms with Gasteiger partial charge in [0.2, 0.25) is 0 Å². The van der Waals surface area contributed by atoms with Crippen LogP contribution >= 0.6 is 11.3 Å². The SMILES string of the molecule is CN(C)Cc1ccc(-c2ccc3c(CO)cc4n[nH]c(=O)n4c3c2)s1. The maximum absolute atomic E-state index is 12.1. The average molecular weight is 354 g/mol. The van der Waals surface area contributed by atoms with Crippen LogP contribution in [-0.2, 0) is 13.2 Å². The van der Waals surface area contributed by atoms with Gasteiger partial charge in [0.05, 0.1) is 12.1 Å². The topological polar surface area (TPSA) is 73.6 Å². The summed E-state index contributed by atoms with van der Waals surface area (Å²) in [5.74, 6) is 0. The van der Waals surface area contributed by atoms with E-state index in [4.69, 9.17) is 0 Å². The number of fused-ring (bicyclic) bond motifs is 3. The van der Waals surface area contributed by atoms with Gasteiger partial charge in [0.15, 0.2) is 5.65 Å². The molecule has 25 heavy (non-hydrogen) atoms. The lowest BCUT2D eigenvalue weighted by molar-refractivity contribution is 0.283. The van der Waals surface area contributed by atoms with Gasteiger partial charge in [0, 0.05) is 21.7 Å². The van der Waals surface area contributed by atoms with Gasteiger partial charge < -0.3 is 10.0 Å². The Morgan fingerprint density at radius 3 is 2.84 bits per heavy atom. The molecule has 128 valence electrons. The van der Waals surface area contributed by atoms with E-state index >= 15 is 0 Å². The van der Waals surface area contributed by atoms with Gasteiger partial charge in [-0.05, 0) is 49.5 Å². The van der Waals surface area contributed by atoms with Crippen molar-refractivity contribution in [3.05, 3.63) is 57.3 Å². The Morgan fingerprint density at radius 2 is 2.08 bits per heavy atom. The molecular weight excluding hydrogens is 336 g/mol. The number of hydrogen-bond donors (Lipinski definition) is 2. The highest BCUT2D eigenvalue weighted by molar-refractivity contribution is 7.15. The second-order valence-electron chi connectivity index (χ2n) is 6.29. The van der Waals surface area contributed by atoms with Crippen molar-refractivity contribution in [1.29, 1.82) is 0 Å². The summed E-state index contributed by atoms with van der Waals surface area (Å²) in [6.07, 6.45) is 0. The molecule has 7 heteroatoms. The highest BCUT2D eigenvalue weighted by Gasteiger charge is 2.12. The van der Waals surface area contributed by atoms with E-state index in [2.05, 4.69) is 27.2 Å². The van der Waals surface area contributed by atoms with Gasteiger partial charge in [-0.25, -0.2) is 14.3 Å². The number of aromatic nitrogens is 3. The van der Waals surface area contributed by atoms with Crippen LogP contribution in [0.4, 0.5) is 0 Å². The molecular formula is C18H18N4O2S. The van der Waals surface area contributed by atoms with Gasteiger partial charge in [0.1, 0.15) is 0 Å². The van der Waals surface area contributed by atoms with Crippen molar-refractivity contribution in [2.45, 2.75) is 13.2 Å². The second kappa shape index (κ2) is 6.11. The molecule has 0 amide bonds. The van der Waals surface area contributed by atoms with Crippen LogP contribution in [0.25, 0.3) is 27.0 Å². The number of hydrogen-bond acceptors (Lipinski definition) is 5. The standard InChI is InChI=1S/C18H18N4O2S/c1-21(2)9-13-4-6-16(25-13)11-3-5-14-12(10-23)8-17-19-20-18(24)22(17)15(14)7-11/h3-8,23H,9-10H2,1-2H3,(H,20,24). The molecule has 0 saturated carbocycles. The zero-order valence-corrected chi connectivity index (χ0v) is 14.8. The minimum absolute atomic E-state index is 0.0978. The Kier molecular flexibility index (Phi) is 3.91. The normalized spacial score (nSPS) is 11.8. The first kappa shape index (κ1) is 16.0. The van der Waals surface area contributed by atoms with Gasteiger partial charge in [-0.1, -0.05) is 12.1 Å². The molecule has 2 N–H and O–H groups in total. The first-order valence-corrected chi connectivity index (χ1v) is 8.76. The average Bonchev–Trinajstić information content (AvgIpc) is 3.20. The molecule has 0 bridgehead atoms. The summed E-state index contributed by atoms with van der Waals surface area (Å²) in [5.41, 5.74) is 2.79. The van der Waals surface area contributed by atoms with Crippen molar-refractivity contribution in [2.24, 2.45) is 0 Å². The summed E-state index contributed by atoms with van der Waals surface area (Å²) in [7, 11) is 4.10. The number of aliphatic hydroxyl groups is 1. The minimum atomic E-state index is -0.277. The molecule has 0 spiro atoms. The highest BCUT2D eigenvalue weighted by atomic mass is 32.1. The highest BCUT2D eigenvalue weighted by Crippen LogP contribution is 2.32. The monoisotopic (exact) mass is 354 g/mol. The molecule has 3 heterocycles. The lowest BCUT2D eigenvalue weighted by atomic mass is 10.1. The maximum atomic E-state index is 12.1. The van der Waals surface area contributed by atoms with Gasteiger partial charge in [-0.15, -0.1) is 11.3 Å². The number of aromatic amines is 1. The Balaban J connectivity index is 1.92. The van der Waals surface area contributed by atoms with Crippen molar-refractivity contribution in [3.63, 3.8) is 0 Å². The molecule has 0 aliphatic carbocycles. The number of nitrogens with zero attached hydrogens (tertiary/aromatic N) is 3. The predicted molar refractivity (Wildman–Crippen MR) is 99.9 cm³/mol. The van der Waals surface area contributed by atoms with Crippen LogP contribution in [0.5, 0.6) is 0 Å². The van der Waals surface area contributed by atoms with E-state index < -0.39 is 0 Å². The molecule has 1 aromatic carbocycles. The number of pyridine rings is 1. The largest absolute Gasteiger partial charge is 0.392 e. The zero-order valence-electron chi connectivity index (χ0n) is 14.0. The summed E-state index contributed by atoms with van der Waals surface area (Å²) in [4.78, 5) is 16.7. The third kappa shape index (κ3) is 2.76. The maximum Gasteiger partial charge on any atom is 0.348 e. The number of aliphatic hydroxyl groups excluding tert-OH is 1. The number of thiophene rings is 1. The van der Waals surface area contributed by atoms with E-state index in [1.165, 1.54) is 4.88 Å². The third-order valence-corrected chi connectivity index (χ3v) is 5.29. The van der Waals surface area contributed by atoms with Crippen LogP contribution in [0.15, 0.2) is 41.2 Å². The number of benzene rings is 1. The predicted octanol–water partition coefficient (Wildman–Crippen LogP) is 2.46. The number of rotatable bonds is 4. The first-order chi connectivity index (χ1) is 12.1. The molecule has 0 fully saturated rings. The van der Waals surface area contributed by atoms with Crippen molar-refractivity contribution in [2.75, 3.05) is 14.1 Å². The number of nitrogens with one attached hydrogen (secondary N) is 1. The van der Waals surface area contributed by atoms with Crippen molar-refractivity contribution < 1.29 is 5.11 Å². The summed E-state index contributed by atoms with van der Waals surface area (Å²) >= 11 is 1.74. The van der Waals surface area contributed by atoms with E-state index in [-0.39, 0.29) is 12.3 Å². The molecule has 0 aliphatic rings. The van der Waals surface area contributed by atoms with Gasteiger partial charge >= 0.3 is 5.69 Å². The molecule has 4 aromatic rings. The fourth-order valence-electron chi connectivity index (χ4n) is 3.07. The zero-order chi connectivity index (χ0) is 17.6. The Bertz CT molecular complexity index is 1120. The minimum Gasteiger partial charge on any atom is -0.392 e. The third-order valence-electron chi connectivity index (χ3n) is 4.17.